The maximum Gasteiger partial charge on any atom is 0.338 e. The molecule has 1 unspecified atom stereocenters. The van der Waals surface area contributed by atoms with Gasteiger partial charge in [-0.1, -0.05) is 22.0 Å². The molecule has 0 bridgehead atoms. The molecule has 204 valence electrons. The zero-order valence-corrected chi connectivity index (χ0v) is 22.5. The molecule has 2 N–H and O–H groups in total. The van der Waals surface area contributed by atoms with Crippen molar-refractivity contribution in [2.24, 2.45) is 4.99 Å². The molecule has 0 saturated carbocycles. The van der Waals surface area contributed by atoms with E-state index in [0.717, 1.165) is 0 Å². The van der Waals surface area contributed by atoms with Gasteiger partial charge < -0.3 is 19.9 Å². The molecule has 2 atom stereocenters. The monoisotopic (exact) mass is 616 g/mol. The minimum atomic E-state index is -3.15. The Bertz CT molecular complexity index is 1260. The summed E-state index contributed by atoms with van der Waals surface area (Å²) in [6.45, 7) is 0.232. The second kappa shape index (κ2) is 11.9. The average Bonchev–Trinajstić information content (AvgIpc) is 3.37. The predicted molar refractivity (Wildman–Crippen MR) is 136 cm³/mol. The molecular weight excluding hydrogens is 593 g/mol. The highest BCUT2D eigenvalue weighted by Crippen LogP contribution is 2.38. The van der Waals surface area contributed by atoms with Crippen molar-refractivity contribution in [2.75, 3.05) is 32.8 Å². The number of nitrogens with zero attached hydrogens (tertiary/aromatic N) is 3. The number of nitrogens with one attached hydrogen (secondary N) is 1. The van der Waals surface area contributed by atoms with Gasteiger partial charge in [0.15, 0.2) is 10.8 Å². The first-order chi connectivity index (χ1) is 18.1. The smallest absolute Gasteiger partial charge is 0.338 e. The number of carbonyl (C=O) groups excluding carboxylic acids is 1. The SMILES string of the molecule is CCOC(=O)C1=C(CN2CC(OCC(=O)O)CC(F)(F)C2)NC(c2nccs2)=N[C@H]1c1ccc(F)cc1Br. The van der Waals surface area contributed by atoms with Crippen molar-refractivity contribution >= 4 is 45.0 Å². The number of alkyl halides is 2. The summed E-state index contributed by atoms with van der Waals surface area (Å²) < 4.78 is 54.0. The average molecular weight is 617 g/mol. The molecule has 0 aliphatic carbocycles. The second-order valence-electron chi connectivity index (χ2n) is 8.68. The number of aliphatic imine (C=N–C) groups is 1. The van der Waals surface area contributed by atoms with E-state index in [1.165, 1.54) is 34.4 Å². The van der Waals surface area contributed by atoms with E-state index in [1.807, 2.05) is 0 Å². The molecule has 2 aromatic rings. The highest BCUT2D eigenvalue weighted by atomic mass is 79.9. The topological polar surface area (TPSA) is 113 Å². The van der Waals surface area contributed by atoms with E-state index in [4.69, 9.17) is 19.6 Å². The van der Waals surface area contributed by atoms with Gasteiger partial charge in [0.2, 0.25) is 0 Å². The zero-order valence-electron chi connectivity index (χ0n) is 20.1. The van der Waals surface area contributed by atoms with E-state index < -0.39 is 55.4 Å². The fraction of sp³-hybridized carbons (Fsp3) is 0.417. The Morgan fingerprint density at radius 3 is 2.82 bits per heavy atom. The minimum Gasteiger partial charge on any atom is -0.480 e. The lowest BCUT2D eigenvalue weighted by Gasteiger charge is -2.38. The Morgan fingerprint density at radius 1 is 1.37 bits per heavy atom. The van der Waals surface area contributed by atoms with E-state index in [9.17, 15) is 22.8 Å². The number of amidine groups is 1. The summed E-state index contributed by atoms with van der Waals surface area (Å²) in [7, 11) is 0. The maximum absolute atomic E-state index is 14.6. The van der Waals surface area contributed by atoms with Crippen molar-refractivity contribution in [3.63, 3.8) is 0 Å². The number of aromatic nitrogens is 1. The van der Waals surface area contributed by atoms with Crippen LogP contribution in [0, 0.1) is 5.82 Å². The van der Waals surface area contributed by atoms with E-state index >= 15 is 0 Å². The van der Waals surface area contributed by atoms with Gasteiger partial charge in [-0.3, -0.25) is 9.89 Å². The number of halogens is 4. The Balaban J connectivity index is 1.75. The number of thiazole rings is 1. The predicted octanol–water partition coefficient (Wildman–Crippen LogP) is 3.76. The second-order valence-corrected chi connectivity index (χ2v) is 10.4. The highest BCUT2D eigenvalue weighted by molar-refractivity contribution is 9.10. The molecule has 2 aliphatic heterocycles. The fourth-order valence-electron chi connectivity index (χ4n) is 4.35. The summed E-state index contributed by atoms with van der Waals surface area (Å²) in [5.74, 6) is -5.30. The largest absolute Gasteiger partial charge is 0.480 e. The van der Waals surface area contributed by atoms with E-state index in [-0.39, 0.29) is 31.0 Å². The van der Waals surface area contributed by atoms with Gasteiger partial charge in [0.05, 0.1) is 24.8 Å². The van der Waals surface area contributed by atoms with Crippen LogP contribution in [0.25, 0.3) is 0 Å². The van der Waals surface area contributed by atoms with Crippen LogP contribution in [0.3, 0.4) is 0 Å². The van der Waals surface area contributed by atoms with Gasteiger partial charge in [-0.05, 0) is 24.6 Å². The third-order valence-electron chi connectivity index (χ3n) is 5.78. The quantitative estimate of drug-likeness (QED) is 0.410. The summed E-state index contributed by atoms with van der Waals surface area (Å²) in [6.07, 6.45) is -0.0723. The van der Waals surface area contributed by atoms with Crippen LogP contribution in [-0.2, 0) is 19.1 Å². The summed E-state index contributed by atoms with van der Waals surface area (Å²) in [5, 5.41) is 14.2. The van der Waals surface area contributed by atoms with Crippen molar-refractivity contribution in [3.05, 3.63) is 61.9 Å². The maximum atomic E-state index is 14.6. The number of carbonyl (C=O) groups is 2. The van der Waals surface area contributed by atoms with Gasteiger partial charge in [0.25, 0.3) is 5.92 Å². The first-order valence-electron chi connectivity index (χ1n) is 11.6. The third-order valence-corrected chi connectivity index (χ3v) is 7.25. The number of esters is 1. The number of hydrogen-bond donors (Lipinski definition) is 2. The van der Waals surface area contributed by atoms with Crippen molar-refractivity contribution in [1.82, 2.24) is 15.2 Å². The Kier molecular flexibility index (Phi) is 8.85. The molecule has 4 rings (SSSR count). The lowest BCUT2D eigenvalue weighted by molar-refractivity contribution is -0.154. The molecule has 38 heavy (non-hydrogen) atoms. The lowest BCUT2D eigenvalue weighted by Crippen LogP contribution is -2.52. The molecule has 3 heterocycles. The van der Waals surface area contributed by atoms with Gasteiger partial charge in [-0.25, -0.2) is 27.7 Å². The minimum absolute atomic E-state index is 0.0127. The van der Waals surface area contributed by atoms with Crippen LogP contribution in [0.15, 0.2) is 50.5 Å². The molecule has 9 nitrogen and oxygen atoms in total. The molecule has 0 amide bonds. The molecular formula is C24H24BrF3N4O5S. The van der Waals surface area contributed by atoms with Gasteiger partial charge in [0.1, 0.15) is 18.5 Å². The van der Waals surface area contributed by atoms with Crippen LogP contribution in [-0.4, -0.2) is 77.6 Å². The fourth-order valence-corrected chi connectivity index (χ4v) is 5.51. The molecule has 0 radical (unpaired) electrons. The summed E-state index contributed by atoms with van der Waals surface area (Å²) >= 11 is 4.63. The van der Waals surface area contributed by atoms with Gasteiger partial charge in [-0.2, -0.15) is 0 Å². The number of piperidine rings is 1. The van der Waals surface area contributed by atoms with E-state index in [2.05, 4.69) is 26.2 Å². The van der Waals surface area contributed by atoms with Gasteiger partial charge in [0, 0.05) is 41.3 Å². The lowest BCUT2D eigenvalue weighted by atomic mass is 9.94. The Morgan fingerprint density at radius 2 is 2.16 bits per heavy atom. The van der Waals surface area contributed by atoms with Crippen LogP contribution >= 0.6 is 27.3 Å². The number of carboxylic acids is 1. The number of ether oxygens (including phenoxy) is 2. The molecule has 1 aromatic heterocycles. The number of carboxylic acid groups (broad SMARTS) is 1. The van der Waals surface area contributed by atoms with Gasteiger partial charge in [-0.15, -0.1) is 11.3 Å². The number of benzene rings is 1. The van der Waals surface area contributed by atoms with Crippen LogP contribution in [0.5, 0.6) is 0 Å². The molecule has 1 saturated heterocycles. The molecule has 1 aromatic carbocycles. The molecule has 14 heteroatoms. The van der Waals surface area contributed by atoms with Crippen LogP contribution in [0.4, 0.5) is 13.2 Å². The third kappa shape index (κ3) is 6.79. The first-order valence-corrected chi connectivity index (χ1v) is 13.3. The Labute approximate surface area is 228 Å². The number of likely N-dealkylation sites (tertiary alicyclic amines) is 1. The highest BCUT2D eigenvalue weighted by Gasteiger charge is 2.42. The number of hydrogen-bond acceptors (Lipinski definition) is 9. The summed E-state index contributed by atoms with van der Waals surface area (Å²) in [6, 6.07) is 3.01. The molecule has 1 fully saturated rings. The van der Waals surface area contributed by atoms with Crippen molar-refractivity contribution in [1.29, 1.82) is 0 Å². The Hall–Kier alpha value is -2.81. The van der Waals surface area contributed by atoms with Gasteiger partial charge >= 0.3 is 11.9 Å². The number of rotatable bonds is 9. The molecule has 0 spiro atoms. The summed E-state index contributed by atoms with van der Waals surface area (Å²) in [5.41, 5.74) is 0.810. The van der Waals surface area contributed by atoms with Crippen LogP contribution in [0.1, 0.15) is 30.0 Å². The van der Waals surface area contributed by atoms with Crippen molar-refractivity contribution in [2.45, 2.75) is 31.4 Å². The first kappa shape index (κ1) is 28.2. The van der Waals surface area contributed by atoms with E-state index in [0.29, 0.717) is 20.9 Å². The van der Waals surface area contributed by atoms with Crippen molar-refractivity contribution < 1.29 is 37.3 Å². The van der Waals surface area contributed by atoms with Crippen molar-refractivity contribution in [3.8, 4) is 0 Å². The van der Waals surface area contributed by atoms with Crippen LogP contribution in [0.2, 0.25) is 0 Å². The standard InChI is InChI=1S/C24H24BrF3N4O5S/c1-2-36-23(35)19-17(10-32-9-14(37-11-18(33)34)8-24(27,28)12-32)30-21(22-29-5-6-38-22)31-20(19)15-4-3-13(26)7-16(15)25/h3-7,14,20H,2,8-12H2,1H3,(H,30,31)(H,33,34)/t14?,20-/m0/s1. The zero-order chi connectivity index (χ0) is 27.4. The van der Waals surface area contributed by atoms with Crippen LogP contribution < -0.4 is 5.32 Å². The molecule has 2 aliphatic rings. The summed E-state index contributed by atoms with van der Waals surface area (Å²) in [4.78, 5) is 34.5. The number of aliphatic carboxylic acids is 1. The van der Waals surface area contributed by atoms with E-state index in [1.54, 1.807) is 18.5 Å². The normalized spacial score (nSPS) is 21.6.